The van der Waals surface area contributed by atoms with Gasteiger partial charge in [0.1, 0.15) is 29.2 Å². The van der Waals surface area contributed by atoms with Crippen LogP contribution in [0.25, 0.3) is 0 Å². The zero-order chi connectivity index (χ0) is 38.8. The number of aliphatic hydroxyl groups excluding tert-OH is 1. The summed E-state index contributed by atoms with van der Waals surface area (Å²) in [5, 5.41) is 17.9. The highest BCUT2D eigenvalue weighted by molar-refractivity contribution is 6.30. The number of hydrogen-bond acceptors (Lipinski definition) is 8. The number of halogens is 4. The summed E-state index contributed by atoms with van der Waals surface area (Å²) in [6.45, 7) is 7.60. The number of carbonyl (C=O) groups is 4. The highest BCUT2D eigenvalue weighted by Crippen LogP contribution is 2.27. The maximum atomic E-state index is 14.0. The van der Waals surface area contributed by atoms with E-state index in [0.717, 1.165) is 0 Å². The Kier molecular flexibility index (Phi) is 14.5. The zero-order valence-electron chi connectivity index (χ0n) is 29.5. The molecule has 11 nitrogen and oxygen atoms in total. The average Bonchev–Trinajstić information content (AvgIpc) is 3.06. The van der Waals surface area contributed by atoms with Gasteiger partial charge in [-0.3, -0.25) is 14.4 Å². The van der Waals surface area contributed by atoms with E-state index in [9.17, 15) is 37.5 Å². The van der Waals surface area contributed by atoms with Crippen LogP contribution >= 0.6 is 11.6 Å². The molecule has 4 unspecified atom stereocenters. The van der Waals surface area contributed by atoms with E-state index >= 15 is 0 Å². The third-order valence-electron chi connectivity index (χ3n) is 7.54. The Labute approximate surface area is 305 Å². The number of amides is 3. The van der Waals surface area contributed by atoms with Crippen molar-refractivity contribution in [3.63, 3.8) is 0 Å². The van der Waals surface area contributed by atoms with Gasteiger partial charge in [0, 0.05) is 17.0 Å². The third kappa shape index (κ3) is 12.7. The molecule has 3 amide bonds. The molecule has 15 heteroatoms. The molecule has 0 spiro atoms. The summed E-state index contributed by atoms with van der Waals surface area (Å²) in [5.41, 5.74) is 0.169. The Morgan fingerprint density at radius 1 is 0.846 bits per heavy atom. The van der Waals surface area contributed by atoms with E-state index in [1.54, 1.807) is 45.0 Å². The lowest BCUT2D eigenvalue weighted by Gasteiger charge is -2.31. The molecule has 0 bridgehead atoms. The van der Waals surface area contributed by atoms with Crippen LogP contribution in [0.3, 0.4) is 0 Å². The quantitative estimate of drug-likeness (QED) is 0.152. The first kappa shape index (κ1) is 41.6. The molecule has 52 heavy (non-hydrogen) atoms. The molecule has 0 aliphatic heterocycles. The number of nitrogens with one attached hydrogen (secondary N) is 3. The Bertz CT molecular complexity index is 1680. The molecule has 4 N–H and O–H groups in total. The number of hydrogen-bond donors (Lipinski definition) is 4. The van der Waals surface area contributed by atoms with Gasteiger partial charge in [-0.2, -0.15) is 13.2 Å². The maximum absolute atomic E-state index is 14.0. The molecular weight excluding hydrogens is 707 g/mol. The van der Waals surface area contributed by atoms with Crippen molar-refractivity contribution in [1.82, 2.24) is 16.0 Å². The molecule has 3 rings (SSSR count). The summed E-state index contributed by atoms with van der Waals surface area (Å²) < 4.78 is 56.4. The third-order valence-corrected chi connectivity index (χ3v) is 7.78. The molecule has 0 heterocycles. The minimum atomic E-state index is -5.03. The van der Waals surface area contributed by atoms with Crippen LogP contribution in [0.1, 0.15) is 62.1 Å². The summed E-state index contributed by atoms with van der Waals surface area (Å²) in [5.74, 6) is -3.30. The van der Waals surface area contributed by atoms with Gasteiger partial charge in [-0.1, -0.05) is 49.7 Å². The molecule has 0 radical (unpaired) electrons. The van der Waals surface area contributed by atoms with Crippen molar-refractivity contribution in [3.05, 3.63) is 94.5 Å². The maximum Gasteiger partial charge on any atom is 0.416 e. The Balaban J connectivity index is 1.89. The number of carbonyl (C=O) groups excluding carboxylic acids is 4. The van der Waals surface area contributed by atoms with Crippen LogP contribution in [-0.4, -0.2) is 72.5 Å². The smallest absolute Gasteiger partial charge is 0.416 e. The van der Waals surface area contributed by atoms with Gasteiger partial charge < -0.3 is 35.3 Å². The average molecular weight is 750 g/mol. The summed E-state index contributed by atoms with van der Waals surface area (Å²) in [6, 6.07) is 13.6. The fraction of sp³-hybridized carbons (Fsp3) is 0.405. The van der Waals surface area contributed by atoms with E-state index in [0.29, 0.717) is 16.3 Å². The molecule has 282 valence electrons. The first-order valence-corrected chi connectivity index (χ1v) is 16.6. The zero-order valence-corrected chi connectivity index (χ0v) is 30.3. The lowest BCUT2D eigenvalue weighted by Crippen LogP contribution is -2.56. The summed E-state index contributed by atoms with van der Waals surface area (Å²) in [7, 11) is 1.42. The number of alkyl halides is 3. The minimum absolute atomic E-state index is 0.0897. The van der Waals surface area contributed by atoms with Crippen LogP contribution < -0.4 is 25.4 Å². The largest absolute Gasteiger partial charge is 0.497 e. The summed E-state index contributed by atoms with van der Waals surface area (Å²) in [4.78, 5) is 53.1. The lowest BCUT2D eigenvalue weighted by atomic mass is 9.96. The fourth-order valence-electron chi connectivity index (χ4n) is 4.97. The van der Waals surface area contributed by atoms with Crippen molar-refractivity contribution in [2.24, 2.45) is 5.92 Å². The molecule has 0 aliphatic carbocycles. The van der Waals surface area contributed by atoms with Crippen molar-refractivity contribution < 1.29 is 51.7 Å². The molecule has 0 aromatic heterocycles. The fourth-order valence-corrected chi connectivity index (χ4v) is 5.18. The van der Waals surface area contributed by atoms with Crippen LogP contribution in [0.4, 0.5) is 13.2 Å². The molecule has 0 aliphatic rings. The number of benzene rings is 3. The van der Waals surface area contributed by atoms with Crippen molar-refractivity contribution in [2.45, 2.75) is 77.0 Å². The predicted molar refractivity (Wildman–Crippen MR) is 187 cm³/mol. The molecule has 3 aromatic carbocycles. The first-order chi connectivity index (χ1) is 24.3. The summed E-state index contributed by atoms with van der Waals surface area (Å²) in [6.07, 6.45) is -8.00. The van der Waals surface area contributed by atoms with Crippen LogP contribution in [0, 0.1) is 5.92 Å². The normalized spacial score (nSPS) is 14.0. The lowest BCUT2D eigenvalue weighted by molar-refractivity contribution is -0.215. The van der Waals surface area contributed by atoms with Gasteiger partial charge in [-0.05, 0) is 86.3 Å². The summed E-state index contributed by atoms with van der Waals surface area (Å²) >= 11 is 6.17. The van der Waals surface area contributed by atoms with E-state index in [-0.39, 0.29) is 29.9 Å². The van der Waals surface area contributed by atoms with E-state index in [2.05, 4.69) is 16.0 Å². The molecular formula is C37H43ClF3N3O8. The van der Waals surface area contributed by atoms with Crippen molar-refractivity contribution in [3.8, 4) is 11.5 Å². The van der Waals surface area contributed by atoms with Gasteiger partial charge in [0.25, 0.3) is 5.91 Å². The predicted octanol–water partition coefficient (Wildman–Crippen LogP) is 5.33. The van der Waals surface area contributed by atoms with Crippen molar-refractivity contribution in [2.75, 3.05) is 13.7 Å². The Morgan fingerprint density at radius 3 is 2.00 bits per heavy atom. The highest BCUT2D eigenvalue weighted by Gasteiger charge is 2.46. The van der Waals surface area contributed by atoms with Gasteiger partial charge in [0.15, 0.2) is 12.7 Å². The molecule has 0 fully saturated rings. The molecule has 0 saturated carbocycles. The van der Waals surface area contributed by atoms with Gasteiger partial charge in [-0.15, -0.1) is 0 Å². The topological polar surface area (TPSA) is 152 Å². The van der Waals surface area contributed by atoms with E-state index < -0.39 is 65.6 Å². The molecule has 4 atom stereocenters. The van der Waals surface area contributed by atoms with Crippen LogP contribution in [0.2, 0.25) is 5.02 Å². The second-order valence-corrected chi connectivity index (χ2v) is 13.7. The highest BCUT2D eigenvalue weighted by atomic mass is 35.5. The monoisotopic (exact) mass is 749 g/mol. The standard InChI is InChI=1S/C37H43ClF3N3O8/c1-21(2)30(32(46)37(39,40)41)43-35(49)31(23-10-14-26(50-6)15-11-23)44-34(48)28(19-22-8-7-9-25(38)18-22)42-33(47)24-12-16-27(17-13-24)51-20-29(45)52-36(3,4)5/h7-18,21,28,30-32,46H,19-20H2,1-6H3,(H,42,47)(H,43,49)(H,44,48). The second kappa shape index (κ2) is 18.1. The van der Waals surface area contributed by atoms with Crippen LogP contribution in [-0.2, 0) is 25.5 Å². The minimum Gasteiger partial charge on any atom is -0.497 e. The van der Waals surface area contributed by atoms with Crippen molar-refractivity contribution >= 4 is 35.3 Å². The number of esters is 1. The molecule has 3 aromatic rings. The number of methoxy groups -OCH3 is 1. The van der Waals surface area contributed by atoms with E-state index in [1.165, 1.54) is 69.5 Å². The van der Waals surface area contributed by atoms with E-state index in [4.69, 9.17) is 25.8 Å². The second-order valence-electron chi connectivity index (χ2n) is 13.2. The van der Waals surface area contributed by atoms with Gasteiger partial charge >= 0.3 is 12.1 Å². The van der Waals surface area contributed by atoms with E-state index in [1.807, 2.05) is 0 Å². The SMILES string of the molecule is COc1ccc(C(NC(=O)C(Cc2cccc(Cl)c2)NC(=O)c2ccc(OCC(=O)OC(C)(C)C)cc2)C(=O)NC(C(C)C)C(O)C(F)(F)F)cc1. The Morgan fingerprint density at radius 2 is 1.46 bits per heavy atom. The number of ether oxygens (including phenoxy) is 3. The van der Waals surface area contributed by atoms with Gasteiger partial charge in [-0.25, -0.2) is 4.79 Å². The first-order valence-electron chi connectivity index (χ1n) is 16.3. The number of rotatable bonds is 15. The molecule has 0 saturated heterocycles. The number of aliphatic hydroxyl groups is 1. The van der Waals surface area contributed by atoms with Gasteiger partial charge in [0.2, 0.25) is 11.8 Å². The van der Waals surface area contributed by atoms with Crippen LogP contribution in [0.5, 0.6) is 11.5 Å². The Hall–Kier alpha value is -4.82. The van der Waals surface area contributed by atoms with Gasteiger partial charge in [0.05, 0.1) is 13.2 Å². The van der Waals surface area contributed by atoms with Crippen LogP contribution in [0.15, 0.2) is 72.8 Å². The van der Waals surface area contributed by atoms with Crippen molar-refractivity contribution in [1.29, 1.82) is 0 Å².